The third-order valence-corrected chi connectivity index (χ3v) is 5.02. The van der Waals surface area contributed by atoms with Gasteiger partial charge in [-0.1, -0.05) is 30.3 Å². The fourth-order valence-electron chi connectivity index (χ4n) is 3.55. The number of aliphatic hydroxyl groups excluding tert-OH is 1. The van der Waals surface area contributed by atoms with Gasteiger partial charge in [-0.05, 0) is 50.7 Å². The second-order valence-corrected chi connectivity index (χ2v) is 7.15. The van der Waals surface area contributed by atoms with Crippen LogP contribution in [-0.2, 0) is 17.8 Å². The van der Waals surface area contributed by atoms with Crippen LogP contribution in [0, 0.1) is 19.8 Å². The molecule has 1 aromatic heterocycles. The molecule has 2 aromatic rings. The molecular weight excluding hydrogens is 314 g/mol. The molecule has 2 N–H and O–H groups in total. The summed E-state index contributed by atoms with van der Waals surface area (Å²) >= 11 is 0. The summed E-state index contributed by atoms with van der Waals surface area (Å²) in [6.45, 7) is 4.56. The van der Waals surface area contributed by atoms with Crippen LogP contribution in [0.15, 0.2) is 36.4 Å². The molecule has 1 aliphatic rings. The van der Waals surface area contributed by atoms with Crippen LogP contribution in [0.3, 0.4) is 0 Å². The molecule has 0 aliphatic heterocycles. The average Bonchev–Trinajstić information content (AvgIpc) is 2.88. The summed E-state index contributed by atoms with van der Waals surface area (Å²) in [5.74, 6) is 0.405. The maximum absolute atomic E-state index is 12.4. The first-order valence-corrected chi connectivity index (χ1v) is 9.03. The number of carbonyl (C=O) groups excluding carboxylic acids is 1. The molecule has 1 aromatic carbocycles. The Morgan fingerprint density at radius 1 is 1.32 bits per heavy atom. The first-order valence-electron chi connectivity index (χ1n) is 9.03. The van der Waals surface area contributed by atoms with Gasteiger partial charge in [0.2, 0.25) is 5.91 Å². The van der Waals surface area contributed by atoms with E-state index < -0.39 is 0 Å². The molecule has 0 radical (unpaired) electrons. The van der Waals surface area contributed by atoms with Crippen LogP contribution in [0.5, 0.6) is 0 Å². The summed E-state index contributed by atoms with van der Waals surface area (Å²) in [6, 6.07) is 12.3. The van der Waals surface area contributed by atoms with Crippen molar-refractivity contribution in [2.75, 3.05) is 0 Å². The van der Waals surface area contributed by atoms with Gasteiger partial charge in [-0.2, -0.15) is 5.10 Å². The summed E-state index contributed by atoms with van der Waals surface area (Å²) in [5.41, 5.74) is 3.27. The van der Waals surface area contributed by atoms with Gasteiger partial charge in [0.05, 0.1) is 11.8 Å². The van der Waals surface area contributed by atoms with E-state index in [9.17, 15) is 9.90 Å². The Labute approximate surface area is 149 Å². The normalized spacial score (nSPS) is 20.8. The van der Waals surface area contributed by atoms with E-state index in [4.69, 9.17) is 0 Å². The quantitative estimate of drug-likeness (QED) is 0.812. The SMILES string of the molecule is Cc1cc(C)n(CCC(=O)N[C@@H](Cc2ccccc2)C2CC(O)C2)n1. The van der Waals surface area contributed by atoms with Crippen LogP contribution in [0.1, 0.15) is 36.2 Å². The molecule has 1 saturated carbocycles. The molecule has 1 atom stereocenters. The number of rotatable bonds is 7. The van der Waals surface area contributed by atoms with Crippen molar-refractivity contribution in [2.24, 2.45) is 5.92 Å². The molecule has 0 saturated heterocycles. The van der Waals surface area contributed by atoms with E-state index in [2.05, 4.69) is 22.5 Å². The van der Waals surface area contributed by atoms with E-state index in [1.807, 2.05) is 42.8 Å². The van der Waals surface area contributed by atoms with Gasteiger partial charge in [0.25, 0.3) is 0 Å². The Bertz CT molecular complexity index is 705. The van der Waals surface area contributed by atoms with Crippen molar-refractivity contribution < 1.29 is 9.90 Å². The molecule has 5 heteroatoms. The second kappa shape index (κ2) is 7.83. The van der Waals surface area contributed by atoms with Crippen LogP contribution >= 0.6 is 0 Å². The number of benzene rings is 1. The Kier molecular flexibility index (Phi) is 5.53. The predicted molar refractivity (Wildman–Crippen MR) is 97.1 cm³/mol. The van der Waals surface area contributed by atoms with Gasteiger partial charge in [0, 0.05) is 24.7 Å². The highest BCUT2D eigenvalue weighted by atomic mass is 16.3. The zero-order valence-electron chi connectivity index (χ0n) is 15.0. The second-order valence-electron chi connectivity index (χ2n) is 7.15. The first-order chi connectivity index (χ1) is 12.0. The first kappa shape index (κ1) is 17.7. The number of carbonyl (C=O) groups is 1. The zero-order chi connectivity index (χ0) is 17.8. The molecule has 3 rings (SSSR count). The molecule has 134 valence electrons. The van der Waals surface area contributed by atoms with Crippen molar-refractivity contribution in [3.05, 3.63) is 53.3 Å². The number of nitrogens with zero attached hydrogens (tertiary/aromatic N) is 2. The average molecular weight is 341 g/mol. The highest BCUT2D eigenvalue weighted by Gasteiger charge is 2.34. The molecule has 1 fully saturated rings. The van der Waals surface area contributed by atoms with E-state index in [0.717, 1.165) is 30.7 Å². The van der Waals surface area contributed by atoms with Crippen LogP contribution in [0.4, 0.5) is 0 Å². The van der Waals surface area contributed by atoms with E-state index in [1.165, 1.54) is 5.56 Å². The Hall–Kier alpha value is -2.14. The fourth-order valence-corrected chi connectivity index (χ4v) is 3.55. The molecular formula is C20H27N3O2. The molecule has 1 aliphatic carbocycles. The minimum atomic E-state index is -0.213. The maximum atomic E-state index is 12.4. The Balaban J connectivity index is 1.57. The van der Waals surface area contributed by atoms with E-state index in [1.54, 1.807) is 0 Å². The molecule has 0 unspecified atom stereocenters. The van der Waals surface area contributed by atoms with Crippen molar-refractivity contribution in [1.82, 2.24) is 15.1 Å². The highest BCUT2D eigenvalue weighted by molar-refractivity contribution is 5.76. The number of aliphatic hydroxyl groups is 1. The largest absolute Gasteiger partial charge is 0.393 e. The summed E-state index contributed by atoms with van der Waals surface area (Å²) in [7, 11) is 0. The van der Waals surface area contributed by atoms with Gasteiger partial charge >= 0.3 is 0 Å². The number of amides is 1. The third-order valence-electron chi connectivity index (χ3n) is 5.02. The maximum Gasteiger partial charge on any atom is 0.222 e. The summed E-state index contributed by atoms with van der Waals surface area (Å²) in [5, 5.41) is 17.2. The molecule has 0 spiro atoms. The number of hydrogen-bond donors (Lipinski definition) is 2. The van der Waals surface area contributed by atoms with Crippen molar-refractivity contribution in [3.63, 3.8) is 0 Å². The van der Waals surface area contributed by atoms with Gasteiger partial charge in [-0.25, -0.2) is 0 Å². The Morgan fingerprint density at radius 2 is 2.04 bits per heavy atom. The van der Waals surface area contributed by atoms with E-state index >= 15 is 0 Å². The van der Waals surface area contributed by atoms with Crippen LogP contribution in [0.2, 0.25) is 0 Å². The Morgan fingerprint density at radius 3 is 2.64 bits per heavy atom. The van der Waals surface area contributed by atoms with Crippen LogP contribution < -0.4 is 5.32 Å². The minimum absolute atomic E-state index is 0.0508. The van der Waals surface area contributed by atoms with Crippen molar-refractivity contribution in [2.45, 2.75) is 58.2 Å². The van der Waals surface area contributed by atoms with Gasteiger partial charge < -0.3 is 10.4 Å². The molecule has 1 amide bonds. The monoisotopic (exact) mass is 341 g/mol. The number of hydrogen-bond acceptors (Lipinski definition) is 3. The molecule has 25 heavy (non-hydrogen) atoms. The lowest BCUT2D eigenvalue weighted by Crippen LogP contribution is -2.48. The van der Waals surface area contributed by atoms with Gasteiger partial charge in [-0.15, -0.1) is 0 Å². The van der Waals surface area contributed by atoms with Crippen molar-refractivity contribution in [1.29, 1.82) is 0 Å². The lowest BCUT2D eigenvalue weighted by molar-refractivity contribution is -0.123. The fraction of sp³-hybridized carbons (Fsp3) is 0.500. The summed E-state index contributed by atoms with van der Waals surface area (Å²) in [4.78, 5) is 12.4. The molecule has 0 bridgehead atoms. The van der Waals surface area contributed by atoms with Gasteiger partial charge in [0.1, 0.15) is 0 Å². The number of aromatic nitrogens is 2. The standard InChI is InChI=1S/C20H27N3O2/c1-14-10-15(2)23(22-14)9-8-20(25)21-19(17-12-18(24)13-17)11-16-6-4-3-5-7-16/h3-7,10,17-19,24H,8-9,11-13H2,1-2H3,(H,21,25)/t17?,18?,19-/m0/s1. The lowest BCUT2D eigenvalue weighted by Gasteiger charge is -2.38. The van der Waals surface area contributed by atoms with Crippen LogP contribution in [-0.4, -0.2) is 32.9 Å². The zero-order valence-corrected chi connectivity index (χ0v) is 15.0. The van der Waals surface area contributed by atoms with E-state index in [-0.39, 0.29) is 18.1 Å². The summed E-state index contributed by atoms with van der Waals surface area (Å²) < 4.78 is 1.88. The predicted octanol–water partition coefficient (Wildman–Crippen LogP) is 2.39. The molecule has 5 nitrogen and oxygen atoms in total. The van der Waals surface area contributed by atoms with Gasteiger partial charge in [0.15, 0.2) is 0 Å². The third kappa shape index (κ3) is 4.69. The molecule has 1 heterocycles. The van der Waals surface area contributed by atoms with Crippen molar-refractivity contribution in [3.8, 4) is 0 Å². The van der Waals surface area contributed by atoms with Crippen molar-refractivity contribution >= 4 is 5.91 Å². The summed E-state index contributed by atoms with van der Waals surface area (Å²) in [6.07, 6.45) is 2.56. The lowest BCUT2D eigenvalue weighted by atomic mass is 9.75. The van der Waals surface area contributed by atoms with E-state index in [0.29, 0.717) is 18.9 Å². The topological polar surface area (TPSA) is 67.2 Å². The highest BCUT2D eigenvalue weighted by Crippen LogP contribution is 2.31. The smallest absolute Gasteiger partial charge is 0.222 e. The van der Waals surface area contributed by atoms with Crippen LogP contribution in [0.25, 0.3) is 0 Å². The number of aryl methyl sites for hydroxylation is 3. The van der Waals surface area contributed by atoms with Gasteiger partial charge in [-0.3, -0.25) is 9.48 Å². The minimum Gasteiger partial charge on any atom is -0.393 e. The number of nitrogens with one attached hydrogen (secondary N) is 1.